The van der Waals surface area contributed by atoms with Crippen molar-refractivity contribution < 1.29 is 27.5 Å². The third-order valence-electron chi connectivity index (χ3n) is 4.85. The van der Waals surface area contributed by atoms with Crippen LogP contribution in [0.2, 0.25) is 5.02 Å². The summed E-state index contributed by atoms with van der Waals surface area (Å²) < 4.78 is 35.9. The van der Waals surface area contributed by atoms with Gasteiger partial charge in [0.1, 0.15) is 11.5 Å². The van der Waals surface area contributed by atoms with Crippen molar-refractivity contribution in [3.8, 4) is 11.5 Å². The minimum Gasteiger partial charge on any atom is -0.495 e. The molecule has 0 fully saturated rings. The first-order valence-corrected chi connectivity index (χ1v) is 12.6. The maximum atomic E-state index is 12.8. The minimum atomic E-state index is -3.75. The monoisotopic (exact) mass is 498 g/mol. The maximum absolute atomic E-state index is 12.8. The molecule has 2 aromatic carbocycles. The summed E-state index contributed by atoms with van der Waals surface area (Å²) in [6.45, 7) is 1.92. The summed E-state index contributed by atoms with van der Waals surface area (Å²) in [6.07, 6.45) is 0.403. The van der Waals surface area contributed by atoms with E-state index in [9.17, 15) is 18.0 Å². The van der Waals surface area contributed by atoms with Crippen LogP contribution in [0.5, 0.6) is 11.5 Å². The van der Waals surface area contributed by atoms with Gasteiger partial charge in [0.2, 0.25) is 11.8 Å². The minimum absolute atomic E-state index is 0.0463. The Bertz CT molecular complexity index is 1150. The van der Waals surface area contributed by atoms with Crippen molar-refractivity contribution in [3.63, 3.8) is 0 Å². The van der Waals surface area contributed by atoms with E-state index in [1.165, 1.54) is 50.2 Å². The Labute approximate surface area is 195 Å². The van der Waals surface area contributed by atoms with E-state index >= 15 is 0 Å². The first kappa shape index (κ1) is 24.2. The molecule has 0 aromatic heterocycles. The number of hydrogen-bond donors (Lipinski definition) is 2. The van der Waals surface area contributed by atoms with Crippen LogP contribution in [0.1, 0.15) is 19.8 Å². The summed E-state index contributed by atoms with van der Waals surface area (Å²) in [7, 11) is -0.867. The van der Waals surface area contributed by atoms with E-state index < -0.39 is 21.5 Å². The third-order valence-corrected chi connectivity index (χ3v) is 8.30. The van der Waals surface area contributed by atoms with Crippen LogP contribution in [-0.2, 0) is 19.4 Å². The third kappa shape index (κ3) is 5.31. The Balaban J connectivity index is 1.69. The average Bonchev–Trinajstić information content (AvgIpc) is 2.77. The Morgan fingerprint density at radius 1 is 1.19 bits per heavy atom. The fourth-order valence-electron chi connectivity index (χ4n) is 3.11. The molecular formula is C21H23ClN2O6S2. The van der Waals surface area contributed by atoms with Crippen LogP contribution in [0.25, 0.3) is 0 Å². The predicted molar refractivity (Wildman–Crippen MR) is 125 cm³/mol. The van der Waals surface area contributed by atoms with Gasteiger partial charge in [-0.05, 0) is 30.7 Å². The molecule has 0 aliphatic carbocycles. The molecule has 172 valence electrons. The lowest BCUT2D eigenvalue weighted by Gasteiger charge is -2.23. The van der Waals surface area contributed by atoms with Gasteiger partial charge in [0.15, 0.2) is 9.84 Å². The van der Waals surface area contributed by atoms with Gasteiger partial charge in [0, 0.05) is 17.4 Å². The van der Waals surface area contributed by atoms with Gasteiger partial charge in [0.25, 0.3) is 0 Å². The van der Waals surface area contributed by atoms with Crippen molar-refractivity contribution in [2.24, 2.45) is 0 Å². The highest BCUT2D eigenvalue weighted by Gasteiger charge is 2.27. The molecule has 8 nitrogen and oxygen atoms in total. The summed E-state index contributed by atoms with van der Waals surface area (Å²) in [6, 6.07) is 7.61. The van der Waals surface area contributed by atoms with Gasteiger partial charge in [-0.1, -0.05) is 18.5 Å². The normalized spacial score (nSPS) is 15.5. The molecule has 1 aliphatic rings. The molecule has 0 bridgehead atoms. The van der Waals surface area contributed by atoms with Crippen LogP contribution in [0.3, 0.4) is 0 Å². The van der Waals surface area contributed by atoms with Gasteiger partial charge in [-0.3, -0.25) is 9.59 Å². The number of benzene rings is 2. The number of carbonyl (C=O) groups is 2. The van der Waals surface area contributed by atoms with Gasteiger partial charge in [0.05, 0.1) is 46.5 Å². The quantitative estimate of drug-likeness (QED) is 0.566. The average molecular weight is 499 g/mol. The molecule has 2 aromatic rings. The Morgan fingerprint density at radius 3 is 2.56 bits per heavy atom. The van der Waals surface area contributed by atoms with Crippen molar-refractivity contribution in [1.82, 2.24) is 0 Å². The zero-order chi connectivity index (χ0) is 23.5. The van der Waals surface area contributed by atoms with Gasteiger partial charge < -0.3 is 20.1 Å². The van der Waals surface area contributed by atoms with E-state index in [1.807, 2.05) is 6.92 Å². The van der Waals surface area contributed by atoms with Crippen LogP contribution >= 0.6 is 23.4 Å². The van der Waals surface area contributed by atoms with Crippen molar-refractivity contribution in [2.45, 2.75) is 34.8 Å². The van der Waals surface area contributed by atoms with Crippen LogP contribution in [0.15, 0.2) is 40.1 Å². The lowest BCUT2D eigenvalue weighted by Crippen LogP contribution is -2.28. The van der Waals surface area contributed by atoms with E-state index in [4.69, 9.17) is 21.1 Å². The summed E-state index contributed by atoms with van der Waals surface area (Å²) in [4.78, 5) is 25.4. The number of amides is 2. The second kappa shape index (κ2) is 10.0. The molecule has 11 heteroatoms. The standard InChI is InChI=1S/C21H23ClN2O6S2/c1-4-18-21(26)24-15-9-12(5-6-19(15)31-18)32(27,28)8-7-20(25)23-14-10-13(22)16(29-2)11-17(14)30-3/h5-6,9-11,18H,4,7-8H2,1-3H3,(H,23,25)(H,24,26). The number of thioether (sulfide) groups is 1. The zero-order valence-electron chi connectivity index (χ0n) is 17.7. The highest BCUT2D eigenvalue weighted by atomic mass is 35.5. The number of halogens is 1. The number of ether oxygens (including phenoxy) is 2. The molecule has 1 heterocycles. The van der Waals surface area contributed by atoms with E-state index in [0.717, 1.165) is 4.90 Å². The molecule has 0 saturated carbocycles. The molecule has 1 unspecified atom stereocenters. The van der Waals surface area contributed by atoms with E-state index in [0.29, 0.717) is 29.3 Å². The fraction of sp³-hybridized carbons (Fsp3) is 0.333. The molecular weight excluding hydrogens is 476 g/mol. The molecule has 1 aliphatic heterocycles. The smallest absolute Gasteiger partial charge is 0.237 e. The van der Waals surface area contributed by atoms with Crippen LogP contribution < -0.4 is 20.1 Å². The topological polar surface area (TPSA) is 111 Å². The summed E-state index contributed by atoms with van der Waals surface area (Å²) >= 11 is 7.51. The number of hydrogen-bond acceptors (Lipinski definition) is 7. The Hall–Kier alpha value is -2.43. The second-order valence-corrected chi connectivity index (χ2v) is 10.7. The molecule has 1 atom stereocenters. The number of nitrogens with one attached hydrogen (secondary N) is 2. The lowest BCUT2D eigenvalue weighted by molar-refractivity contribution is -0.116. The lowest BCUT2D eigenvalue weighted by atomic mass is 10.2. The van der Waals surface area contributed by atoms with Crippen molar-refractivity contribution >= 4 is 56.4 Å². The number of methoxy groups -OCH3 is 2. The second-order valence-electron chi connectivity index (χ2n) is 6.97. The van der Waals surface area contributed by atoms with Gasteiger partial charge >= 0.3 is 0 Å². The highest BCUT2D eigenvalue weighted by Crippen LogP contribution is 2.38. The van der Waals surface area contributed by atoms with Gasteiger partial charge in [-0.2, -0.15) is 0 Å². The Kier molecular flexibility index (Phi) is 7.58. The Morgan fingerprint density at radius 2 is 1.91 bits per heavy atom. The van der Waals surface area contributed by atoms with E-state index in [1.54, 1.807) is 6.07 Å². The van der Waals surface area contributed by atoms with Crippen LogP contribution in [0, 0.1) is 0 Å². The maximum Gasteiger partial charge on any atom is 0.237 e. The molecule has 32 heavy (non-hydrogen) atoms. The predicted octanol–water partition coefficient (Wildman–Crippen LogP) is 3.98. The van der Waals surface area contributed by atoms with Crippen molar-refractivity contribution in [2.75, 3.05) is 30.6 Å². The number of carbonyl (C=O) groups excluding carboxylic acids is 2. The first-order valence-electron chi connectivity index (χ1n) is 9.74. The molecule has 0 saturated heterocycles. The fourth-order valence-corrected chi connectivity index (χ4v) is 5.63. The summed E-state index contributed by atoms with van der Waals surface area (Å²) in [5.74, 6) is -0.350. The summed E-state index contributed by atoms with van der Waals surface area (Å²) in [5, 5.41) is 5.45. The number of anilines is 2. The highest BCUT2D eigenvalue weighted by molar-refractivity contribution is 8.01. The molecule has 2 N–H and O–H groups in total. The van der Waals surface area contributed by atoms with Crippen molar-refractivity contribution in [1.29, 1.82) is 0 Å². The van der Waals surface area contributed by atoms with E-state index in [2.05, 4.69) is 10.6 Å². The number of fused-ring (bicyclic) bond motifs is 1. The SMILES string of the molecule is CCC1Sc2ccc(S(=O)(=O)CCC(=O)Nc3cc(Cl)c(OC)cc3OC)cc2NC1=O. The molecule has 0 radical (unpaired) electrons. The van der Waals surface area contributed by atoms with Crippen LogP contribution in [-0.4, -0.2) is 45.5 Å². The van der Waals surface area contributed by atoms with E-state index in [-0.39, 0.29) is 27.5 Å². The molecule has 3 rings (SSSR count). The van der Waals surface area contributed by atoms with Crippen molar-refractivity contribution in [3.05, 3.63) is 35.4 Å². The largest absolute Gasteiger partial charge is 0.495 e. The summed E-state index contributed by atoms with van der Waals surface area (Å²) in [5.41, 5.74) is 0.771. The zero-order valence-corrected chi connectivity index (χ0v) is 20.1. The first-order chi connectivity index (χ1) is 15.2. The number of sulfone groups is 1. The van der Waals surface area contributed by atoms with Gasteiger partial charge in [-0.15, -0.1) is 11.8 Å². The van der Waals surface area contributed by atoms with Crippen LogP contribution in [0.4, 0.5) is 11.4 Å². The molecule has 0 spiro atoms. The number of rotatable bonds is 8. The van der Waals surface area contributed by atoms with Gasteiger partial charge in [-0.25, -0.2) is 8.42 Å². The molecule has 2 amide bonds.